The Morgan fingerprint density at radius 2 is 2.19 bits per heavy atom. The molecule has 5 nitrogen and oxygen atoms in total. The van der Waals surface area contributed by atoms with Crippen LogP contribution in [0.3, 0.4) is 0 Å². The van der Waals surface area contributed by atoms with Crippen molar-refractivity contribution in [1.82, 2.24) is 15.1 Å². The second-order valence-electron chi connectivity index (χ2n) is 5.00. The number of nitrogens with one attached hydrogen (secondary N) is 1. The Morgan fingerprint density at radius 3 is 2.86 bits per heavy atom. The maximum absolute atomic E-state index is 12.5. The van der Waals surface area contributed by atoms with Gasteiger partial charge in [0.05, 0.1) is 23.6 Å². The first-order valence-electron chi connectivity index (χ1n) is 6.72. The van der Waals surface area contributed by atoms with Crippen molar-refractivity contribution in [3.05, 3.63) is 41.0 Å². The lowest BCUT2D eigenvalue weighted by molar-refractivity contribution is 0.0770. The summed E-state index contributed by atoms with van der Waals surface area (Å²) >= 11 is 6.17. The predicted octanol–water partition coefficient (Wildman–Crippen LogP) is 2.57. The van der Waals surface area contributed by atoms with Crippen molar-refractivity contribution in [2.24, 2.45) is 0 Å². The van der Waals surface area contributed by atoms with Gasteiger partial charge in [-0.2, -0.15) is 5.10 Å². The van der Waals surface area contributed by atoms with Crippen LogP contribution in [0.4, 0.5) is 0 Å². The van der Waals surface area contributed by atoms with Crippen LogP contribution in [0.25, 0.3) is 11.3 Å². The summed E-state index contributed by atoms with van der Waals surface area (Å²) in [5, 5.41) is 16.7. The van der Waals surface area contributed by atoms with Crippen LogP contribution in [0.15, 0.2) is 30.5 Å². The molecular formula is C15H18ClN3O2. The molecule has 0 saturated carbocycles. The average Bonchev–Trinajstić information content (AvgIpc) is 2.93. The van der Waals surface area contributed by atoms with Gasteiger partial charge in [0.1, 0.15) is 0 Å². The summed E-state index contributed by atoms with van der Waals surface area (Å²) in [6.07, 6.45) is 1.59. The fourth-order valence-electron chi connectivity index (χ4n) is 2.01. The van der Waals surface area contributed by atoms with Gasteiger partial charge >= 0.3 is 0 Å². The summed E-state index contributed by atoms with van der Waals surface area (Å²) in [7, 11) is 1.70. The number of benzene rings is 1. The Labute approximate surface area is 128 Å². The van der Waals surface area contributed by atoms with Crippen LogP contribution in [-0.4, -0.2) is 45.8 Å². The molecule has 0 radical (unpaired) electrons. The highest BCUT2D eigenvalue weighted by molar-refractivity contribution is 6.33. The molecule has 0 saturated heterocycles. The van der Waals surface area contributed by atoms with E-state index in [1.807, 2.05) is 18.2 Å². The molecule has 1 aromatic carbocycles. The fourth-order valence-corrected chi connectivity index (χ4v) is 2.24. The zero-order chi connectivity index (χ0) is 15.4. The molecule has 0 aliphatic heterocycles. The minimum atomic E-state index is -0.437. The monoisotopic (exact) mass is 307 g/mol. The molecule has 1 unspecified atom stereocenters. The molecule has 2 aromatic rings. The van der Waals surface area contributed by atoms with Crippen molar-refractivity contribution < 1.29 is 9.90 Å². The van der Waals surface area contributed by atoms with E-state index in [-0.39, 0.29) is 5.91 Å². The van der Waals surface area contributed by atoms with Crippen LogP contribution < -0.4 is 0 Å². The van der Waals surface area contributed by atoms with E-state index >= 15 is 0 Å². The summed E-state index contributed by atoms with van der Waals surface area (Å²) < 4.78 is 0. The summed E-state index contributed by atoms with van der Waals surface area (Å²) in [6, 6.07) is 7.29. The molecule has 0 spiro atoms. The number of aliphatic hydroxyl groups excluding tert-OH is 1. The van der Waals surface area contributed by atoms with Gasteiger partial charge in [-0.3, -0.25) is 9.89 Å². The van der Waals surface area contributed by atoms with E-state index in [2.05, 4.69) is 10.2 Å². The van der Waals surface area contributed by atoms with E-state index in [9.17, 15) is 9.90 Å². The zero-order valence-electron chi connectivity index (χ0n) is 12.0. The molecule has 112 valence electrons. The fraction of sp³-hybridized carbons (Fsp3) is 0.333. The van der Waals surface area contributed by atoms with Crippen molar-refractivity contribution in [2.45, 2.75) is 19.4 Å². The minimum Gasteiger partial charge on any atom is -0.393 e. The predicted molar refractivity (Wildman–Crippen MR) is 82.3 cm³/mol. The van der Waals surface area contributed by atoms with E-state index < -0.39 is 6.10 Å². The third kappa shape index (κ3) is 3.62. The molecule has 2 N–H and O–H groups in total. The van der Waals surface area contributed by atoms with Crippen LogP contribution in [0.5, 0.6) is 0 Å². The van der Waals surface area contributed by atoms with Gasteiger partial charge in [-0.15, -0.1) is 0 Å². The number of aliphatic hydroxyl groups is 1. The highest BCUT2D eigenvalue weighted by Crippen LogP contribution is 2.28. The van der Waals surface area contributed by atoms with Gasteiger partial charge in [0.2, 0.25) is 0 Å². The molecule has 2 rings (SSSR count). The molecule has 1 atom stereocenters. The molecule has 21 heavy (non-hydrogen) atoms. The quantitative estimate of drug-likeness (QED) is 0.892. The van der Waals surface area contributed by atoms with E-state index in [1.165, 1.54) is 6.20 Å². The van der Waals surface area contributed by atoms with Crippen molar-refractivity contribution >= 4 is 17.5 Å². The number of nitrogens with zero attached hydrogens (tertiary/aromatic N) is 2. The van der Waals surface area contributed by atoms with Crippen molar-refractivity contribution in [2.75, 3.05) is 13.6 Å². The number of halogens is 1. The second kappa shape index (κ2) is 6.74. The normalized spacial score (nSPS) is 12.2. The number of hydrogen-bond donors (Lipinski definition) is 2. The lowest BCUT2D eigenvalue weighted by Crippen LogP contribution is -2.29. The van der Waals surface area contributed by atoms with Gasteiger partial charge in [0, 0.05) is 24.2 Å². The number of aromatic amines is 1. The molecule has 0 fully saturated rings. The molecular weight excluding hydrogens is 290 g/mol. The standard InChI is InChI=1S/C15H18ClN3O2/c1-10(20)7-8-19(2)15(21)12-9-17-18-14(12)11-5-3-4-6-13(11)16/h3-6,9-10,20H,7-8H2,1-2H3,(H,17,18). The van der Waals surface area contributed by atoms with E-state index in [4.69, 9.17) is 11.6 Å². The zero-order valence-corrected chi connectivity index (χ0v) is 12.8. The lowest BCUT2D eigenvalue weighted by atomic mass is 10.1. The number of H-pyrrole nitrogens is 1. The largest absolute Gasteiger partial charge is 0.393 e. The highest BCUT2D eigenvalue weighted by atomic mass is 35.5. The smallest absolute Gasteiger partial charge is 0.257 e. The van der Waals surface area contributed by atoms with Gasteiger partial charge in [0.25, 0.3) is 5.91 Å². The van der Waals surface area contributed by atoms with E-state index in [0.717, 1.165) is 5.56 Å². The molecule has 1 heterocycles. The highest BCUT2D eigenvalue weighted by Gasteiger charge is 2.20. The summed E-state index contributed by atoms with van der Waals surface area (Å²) in [6.45, 7) is 2.18. The maximum atomic E-state index is 12.5. The Morgan fingerprint density at radius 1 is 1.48 bits per heavy atom. The molecule has 0 aliphatic carbocycles. The topological polar surface area (TPSA) is 69.2 Å². The number of aromatic nitrogens is 2. The molecule has 0 bridgehead atoms. The molecule has 0 aliphatic rings. The van der Waals surface area contributed by atoms with Gasteiger partial charge in [-0.25, -0.2) is 0 Å². The van der Waals surface area contributed by atoms with Gasteiger partial charge in [-0.05, 0) is 19.4 Å². The van der Waals surface area contributed by atoms with Crippen molar-refractivity contribution in [3.8, 4) is 11.3 Å². The van der Waals surface area contributed by atoms with E-state index in [0.29, 0.717) is 29.2 Å². The SMILES string of the molecule is CC(O)CCN(C)C(=O)c1cn[nH]c1-c1ccccc1Cl. The van der Waals surface area contributed by atoms with Crippen molar-refractivity contribution in [1.29, 1.82) is 0 Å². The molecule has 1 amide bonds. The Kier molecular flexibility index (Phi) is 4.98. The van der Waals surface area contributed by atoms with Crippen LogP contribution in [0, 0.1) is 0 Å². The molecule has 6 heteroatoms. The van der Waals surface area contributed by atoms with Crippen LogP contribution in [0.1, 0.15) is 23.7 Å². The third-order valence-electron chi connectivity index (χ3n) is 3.24. The lowest BCUT2D eigenvalue weighted by Gasteiger charge is -2.18. The maximum Gasteiger partial charge on any atom is 0.257 e. The number of amides is 1. The molecule has 1 aromatic heterocycles. The number of rotatable bonds is 5. The third-order valence-corrected chi connectivity index (χ3v) is 3.57. The van der Waals surface area contributed by atoms with E-state index in [1.54, 1.807) is 24.9 Å². The van der Waals surface area contributed by atoms with Crippen LogP contribution in [0.2, 0.25) is 5.02 Å². The second-order valence-corrected chi connectivity index (χ2v) is 5.41. The van der Waals surface area contributed by atoms with Gasteiger partial charge in [0.15, 0.2) is 0 Å². The average molecular weight is 308 g/mol. The van der Waals surface area contributed by atoms with Gasteiger partial charge in [-0.1, -0.05) is 29.8 Å². The van der Waals surface area contributed by atoms with Crippen LogP contribution >= 0.6 is 11.6 Å². The summed E-state index contributed by atoms with van der Waals surface area (Å²) in [5.74, 6) is -0.153. The van der Waals surface area contributed by atoms with Crippen molar-refractivity contribution in [3.63, 3.8) is 0 Å². The number of carbonyl (C=O) groups excluding carboxylic acids is 1. The summed E-state index contributed by atoms with van der Waals surface area (Å²) in [4.78, 5) is 14.0. The number of hydrogen-bond acceptors (Lipinski definition) is 3. The Balaban J connectivity index is 2.24. The first-order valence-corrected chi connectivity index (χ1v) is 7.10. The van der Waals surface area contributed by atoms with Crippen LogP contribution in [-0.2, 0) is 0 Å². The number of carbonyl (C=O) groups is 1. The Bertz CT molecular complexity index is 625. The minimum absolute atomic E-state index is 0.153. The first-order chi connectivity index (χ1) is 10.0. The van der Waals surface area contributed by atoms with Gasteiger partial charge < -0.3 is 10.0 Å². The first kappa shape index (κ1) is 15.5. The summed E-state index contributed by atoms with van der Waals surface area (Å²) in [5.41, 5.74) is 1.81. The Hall–Kier alpha value is -1.85.